The summed E-state index contributed by atoms with van der Waals surface area (Å²) in [7, 11) is 1.50. The second kappa shape index (κ2) is 11.0. The van der Waals surface area contributed by atoms with Crippen molar-refractivity contribution in [3.05, 3.63) is 106 Å². The standard InChI is InChI=1S/C26H20ClF6N5O/c1-37(15-17-7-5-6-10-21(17)27)24(39)22-23(34-20-8-3-2-4-9-20)38(36-35-22)14-16-11-18(25(28,29)30)13-19(12-16)26(31,32)33/h2-13,34H,14-15H2,1H3. The summed E-state index contributed by atoms with van der Waals surface area (Å²) in [6, 6.07) is 16.6. The van der Waals surface area contributed by atoms with Gasteiger partial charge in [-0.25, -0.2) is 4.68 Å². The summed E-state index contributed by atoms with van der Waals surface area (Å²) >= 11 is 6.20. The lowest BCUT2D eigenvalue weighted by molar-refractivity contribution is -0.143. The number of amides is 1. The molecule has 0 aliphatic heterocycles. The predicted molar refractivity (Wildman–Crippen MR) is 133 cm³/mol. The van der Waals surface area contributed by atoms with Crippen molar-refractivity contribution in [3.63, 3.8) is 0 Å². The molecule has 4 rings (SSSR count). The molecule has 204 valence electrons. The molecule has 0 aliphatic rings. The third-order valence-electron chi connectivity index (χ3n) is 5.67. The van der Waals surface area contributed by atoms with Crippen LogP contribution in [0.25, 0.3) is 0 Å². The number of carbonyl (C=O) groups is 1. The fourth-order valence-electron chi connectivity index (χ4n) is 3.77. The van der Waals surface area contributed by atoms with Gasteiger partial charge < -0.3 is 10.2 Å². The molecule has 1 N–H and O–H groups in total. The van der Waals surface area contributed by atoms with Gasteiger partial charge in [-0.1, -0.05) is 53.2 Å². The van der Waals surface area contributed by atoms with E-state index in [2.05, 4.69) is 15.6 Å². The molecule has 13 heteroatoms. The van der Waals surface area contributed by atoms with Crippen molar-refractivity contribution in [3.8, 4) is 0 Å². The summed E-state index contributed by atoms with van der Waals surface area (Å²) in [5, 5.41) is 11.2. The number of benzene rings is 3. The molecule has 0 bridgehead atoms. The van der Waals surface area contributed by atoms with E-state index in [9.17, 15) is 31.1 Å². The van der Waals surface area contributed by atoms with Crippen molar-refractivity contribution in [2.75, 3.05) is 12.4 Å². The van der Waals surface area contributed by atoms with E-state index in [4.69, 9.17) is 11.6 Å². The van der Waals surface area contributed by atoms with Crippen LogP contribution in [0.2, 0.25) is 5.02 Å². The van der Waals surface area contributed by atoms with Crippen LogP contribution in [0.1, 0.15) is 32.7 Å². The van der Waals surface area contributed by atoms with Crippen LogP contribution in [-0.4, -0.2) is 32.8 Å². The van der Waals surface area contributed by atoms with Crippen molar-refractivity contribution in [1.29, 1.82) is 0 Å². The van der Waals surface area contributed by atoms with Crippen LogP contribution in [0.3, 0.4) is 0 Å². The van der Waals surface area contributed by atoms with Gasteiger partial charge in [0.15, 0.2) is 11.5 Å². The molecule has 0 unspecified atom stereocenters. The average molecular weight is 568 g/mol. The van der Waals surface area contributed by atoms with E-state index >= 15 is 0 Å². The Morgan fingerprint density at radius 3 is 2.10 bits per heavy atom. The Morgan fingerprint density at radius 2 is 1.51 bits per heavy atom. The first kappa shape index (κ1) is 28.0. The molecular weight excluding hydrogens is 548 g/mol. The van der Waals surface area contributed by atoms with Crippen LogP contribution < -0.4 is 5.32 Å². The van der Waals surface area contributed by atoms with Gasteiger partial charge in [-0.15, -0.1) is 5.10 Å². The largest absolute Gasteiger partial charge is 0.416 e. The Hall–Kier alpha value is -4.06. The van der Waals surface area contributed by atoms with Crippen molar-refractivity contribution in [1.82, 2.24) is 19.9 Å². The van der Waals surface area contributed by atoms with Crippen LogP contribution in [-0.2, 0) is 25.4 Å². The van der Waals surface area contributed by atoms with Gasteiger partial charge in [-0.05, 0) is 47.5 Å². The fourth-order valence-corrected chi connectivity index (χ4v) is 3.96. The molecule has 0 saturated heterocycles. The smallest absolute Gasteiger partial charge is 0.338 e. The number of hydrogen-bond donors (Lipinski definition) is 1. The molecule has 0 spiro atoms. The molecule has 6 nitrogen and oxygen atoms in total. The molecule has 0 aliphatic carbocycles. The third-order valence-corrected chi connectivity index (χ3v) is 6.03. The van der Waals surface area contributed by atoms with Crippen LogP contribution in [0, 0.1) is 0 Å². The van der Waals surface area contributed by atoms with Crippen molar-refractivity contribution in [2.24, 2.45) is 0 Å². The van der Waals surface area contributed by atoms with Gasteiger partial charge in [0.2, 0.25) is 0 Å². The lowest BCUT2D eigenvalue weighted by atomic mass is 10.0. The molecule has 1 heterocycles. The summed E-state index contributed by atoms with van der Waals surface area (Å²) in [6.07, 6.45) is -10.0. The maximum atomic E-state index is 13.4. The van der Waals surface area contributed by atoms with Gasteiger partial charge in [0.1, 0.15) is 0 Å². The number of halogens is 7. The molecule has 0 fully saturated rings. The molecule has 3 aromatic carbocycles. The number of carbonyl (C=O) groups excluding carboxylic acids is 1. The minimum Gasteiger partial charge on any atom is -0.338 e. The zero-order chi connectivity index (χ0) is 28.4. The SMILES string of the molecule is CN(Cc1ccccc1Cl)C(=O)c1nnn(Cc2cc(C(F)(F)F)cc(C(F)(F)F)c2)c1Nc1ccccc1. The van der Waals surface area contributed by atoms with Crippen LogP contribution in [0.5, 0.6) is 0 Å². The molecule has 0 saturated carbocycles. The highest BCUT2D eigenvalue weighted by Gasteiger charge is 2.37. The van der Waals surface area contributed by atoms with Crippen molar-refractivity contribution >= 4 is 29.0 Å². The number of nitrogens with one attached hydrogen (secondary N) is 1. The van der Waals surface area contributed by atoms with Gasteiger partial charge in [-0.2, -0.15) is 26.3 Å². The van der Waals surface area contributed by atoms with Crippen LogP contribution in [0.15, 0.2) is 72.8 Å². The van der Waals surface area contributed by atoms with Gasteiger partial charge in [0, 0.05) is 24.3 Å². The number of aromatic nitrogens is 3. The third kappa shape index (κ3) is 6.69. The molecule has 1 aromatic heterocycles. The molecular formula is C26H20ClF6N5O. The van der Waals surface area contributed by atoms with Crippen LogP contribution >= 0.6 is 11.6 Å². The number of anilines is 2. The maximum Gasteiger partial charge on any atom is 0.416 e. The fraction of sp³-hybridized carbons (Fsp3) is 0.192. The highest BCUT2D eigenvalue weighted by Crippen LogP contribution is 2.36. The van der Waals surface area contributed by atoms with Crippen LogP contribution in [0.4, 0.5) is 37.8 Å². The maximum absolute atomic E-state index is 13.4. The lowest BCUT2D eigenvalue weighted by Gasteiger charge is -2.18. The summed E-state index contributed by atoms with van der Waals surface area (Å²) < 4.78 is 81.3. The van der Waals surface area contributed by atoms with Crippen molar-refractivity contribution in [2.45, 2.75) is 25.4 Å². The summed E-state index contributed by atoms with van der Waals surface area (Å²) in [4.78, 5) is 14.7. The topological polar surface area (TPSA) is 63.1 Å². The number of hydrogen-bond acceptors (Lipinski definition) is 4. The van der Waals surface area contributed by atoms with E-state index in [1.807, 2.05) is 0 Å². The van der Waals surface area contributed by atoms with Gasteiger partial charge in [0.05, 0.1) is 17.7 Å². The summed E-state index contributed by atoms with van der Waals surface area (Å²) in [5.74, 6) is -0.609. The second-order valence-corrected chi connectivity index (χ2v) is 9.01. The number of rotatable bonds is 7. The Balaban J connectivity index is 1.73. The number of para-hydroxylation sites is 1. The predicted octanol–water partition coefficient (Wildman–Crippen LogP) is 7.03. The molecule has 1 amide bonds. The zero-order valence-electron chi connectivity index (χ0n) is 20.2. The summed E-state index contributed by atoms with van der Waals surface area (Å²) in [6.45, 7) is -0.421. The molecule has 0 radical (unpaired) electrons. The Labute approximate surface area is 223 Å². The molecule has 39 heavy (non-hydrogen) atoms. The Morgan fingerprint density at radius 1 is 0.923 bits per heavy atom. The van der Waals surface area contributed by atoms with Gasteiger partial charge >= 0.3 is 12.4 Å². The lowest BCUT2D eigenvalue weighted by Crippen LogP contribution is -2.27. The van der Waals surface area contributed by atoms with E-state index in [0.29, 0.717) is 28.4 Å². The van der Waals surface area contributed by atoms with E-state index in [1.165, 1.54) is 11.9 Å². The van der Waals surface area contributed by atoms with E-state index < -0.39 is 35.9 Å². The monoisotopic (exact) mass is 567 g/mol. The van der Waals surface area contributed by atoms with E-state index in [-0.39, 0.29) is 29.7 Å². The Bertz CT molecular complexity index is 1440. The average Bonchev–Trinajstić information content (AvgIpc) is 3.26. The van der Waals surface area contributed by atoms with Crippen molar-refractivity contribution < 1.29 is 31.1 Å². The highest BCUT2D eigenvalue weighted by atomic mass is 35.5. The normalized spacial score (nSPS) is 11.9. The quantitative estimate of drug-likeness (QED) is 0.244. The minimum absolute atomic E-state index is 0.0109. The van der Waals surface area contributed by atoms with Gasteiger partial charge in [0.25, 0.3) is 5.91 Å². The number of alkyl halides is 6. The first-order chi connectivity index (χ1) is 18.3. The Kier molecular flexibility index (Phi) is 7.86. The van der Waals surface area contributed by atoms with E-state index in [0.717, 1.165) is 4.68 Å². The highest BCUT2D eigenvalue weighted by molar-refractivity contribution is 6.31. The first-order valence-electron chi connectivity index (χ1n) is 11.4. The number of nitrogens with zero attached hydrogens (tertiary/aromatic N) is 4. The second-order valence-electron chi connectivity index (χ2n) is 8.60. The van der Waals surface area contributed by atoms with E-state index in [1.54, 1.807) is 54.6 Å². The minimum atomic E-state index is -5.01. The first-order valence-corrected chi connectivity index (χ1v) is 11.7. The molecule has 0 atom stereocenters. The van der Waals surface area contributed by atoms with Gasteiger partial charge in [-0.3, -0.25) is 4.79 Å². The summed E-state index contributed by atoms with van der Waals surface area (Å²) in [5.41, 5.74) is -2.29. The molecule has 4 aromatic rings. The zero-order valence-corrected chi connectivity index (χ0v) is 20.9.